The Balaban J connectivity index is 1.94. The van der Waals surface area contributed by atoms with Crippen LogP contribution in [0.2, 0.25) is 5.02 Å². The Bertz CT molecular complexity index is 722. The van der Waals surface area contributed by atoms with Crippen molar-refractivity contribution in [3.63, 3.8) is 0 Å². The second kappa shape index (κ2) is 8.36. The molecule has 0 aliphatic heterocycles. The lowest BCUT2D eigenvalue weighted by Crippen LogP contribution is -2.23. The van der Waals surface area contributed by atoms with Crippen molar-refractivity contribution in [3.8, 4) is 11.5 Å². The maximum absolute atomic E-state index is 5.91. The average Bonchev–Trinajstić information content (AvgIpc) is 2.54. The number of hydrogen-bond acceptors (Lipinski definition) is 4. The van der Waals surface area contributed by atoms with E-state index in [2.05, 4.69) is 15.8 Å². The van der Waals surface area contributed by atoms with Gasteiger partial charge in [0.15, 0.2) is 16.6 Å². The third kappa shape index (κ3) is 5.12. The van der Waals surface area contributed by atoms with Crippen LogP contribution >= 0.6 is 23.8 Å². The minimum absolute atomic E-state index is 0.365. The molecule has 0 amide bonds. The van der Waals surface area contributed by atoms with Crippen LogP contribution in [0, 0.1) is 0 Å². The van der Waals surface area contributed by atoms with Crippen LogP contribution in [-0.4, -0.2) is 25.5 Å². The van der Waals surface area contributed by atoms with Crippen LogP contribution in [0.4, 0.5) is 5.69 Å². The molecule has 7 heteroatoms. The Morgan fingerprint density at radius 3 is 2.61 bits per heavy atom. The third-order valence-corrected chi connectivity index (χ3v) is 3.30. The lowest BCUT2D eigenvalue weighted by atomic mass is 10.2. The van der Waals surface area contributed by atoms with E-state index in [-0.39, 0.29) is 0 Å². The SMILES string of the molecule is COc1ccc(/C=N/NC(=S)Nc2cccc(Cl)c2)cc1OC. The molecule has 23 heavy (non-hydrogen) atoms. The summed E-state index contributed by atoms with van der Waals surface area (Å²) in [5.74, 6) is 1.30. The molecule has 0 aromatic heterocycles. The van der Waals surface area contributed by atoms with Gasteiger partial charge in [-0.05, 0) is 54.2 Å². The van der Waals surface area contributed by atoms with E-state index in [1.54, 1.807) is 32.6 Å². The van der Waals surface area contributed by atoms with Gasteiger partial charge in [-0.3, -0.25) is 5.43 Å². The summed E-state index contributed by atoms with van der Waals surface area (Å²) in [5, 5.41) is 8.07. The smallest absolute Gasteiger partial charge is 0.191 e. The average molecular weight is 350 g/mol. The lowest BCUT2D eigenvalue weighted by molar-refractivity contribution is 0.355. The summed E-state index contributed by atoms with van der Waals surface area (Å²) in [4.78, 5) is 0. The minimum atomic E-state index is 0.365. The van der Waals surface area contributed by atoms with E-state index in [9.17, 15) is 0 Å². The highest BCUT2D eigenvalue weighted by Gasteiger charge is 2.03. The number of methoxy groups -OCH3 is 2. The van der Waals surface area contributed by atoms with E-state index < -0.39 is 0 Å². The molecule has 2 aromatic carbocycles. The van der Waals surface area contributed by atoms with Crippen molar-refractivity contribution in [2.24, 2.45) is 5.10 Å². The second-order valence-corrected chi connectivity index (χ2v) is 5.29. The molecular weight excluding hydrogens is 334 g/mol. The van der Waals surface area contributed by atoms with E-state index in [4.69, 9.17) is 33.3 Å². The van der Waals surface area contributed by atoms with Crippen LogP contribution in [0.1, 0.15) is 5.56 Å². The van der Waals surface area contributed by atoms with Gasteiger partial charge in [0.25, 0.3) is 0 Å². The normalized spacial score (nSPS) is 10.4. The van der Waals surface area contributed by atoms with Crippen molar-refractivity contribution in [2.75, 3.05) is 19.5 Å². The fourth-order valence-corrected chi connectivity index (χ4v) is 2.18. The molecule has 0 atom stereocenters. The van der Waals surface area contributed by atoms with Gasteiger partial charge in [-0.2, -0.15) is 5.10 Å². The molecule has 0 fully saturated rings. The highest BCUT2D eigenvalue weighted by Crippen LogP contribution is 2.26. The zero-order valence-corrected chi connectivity index (χ0v) is 14.2. The molecule has 2 N–H and O–H groups in total. The number of hydrazone groups is 1. The molecule has 0 saturated heterocycles. The first-order valence-electron chi connectivity index (χ1n) is 6.70. The zero-order valence-electron chi connectivity index (χ0n) is 12.7. The van der Waals surface area contributed by atoms with Crippen LogP contribution < -0.4 is 20.2 Å². The Kier molecular flexibility index (Phi) is 6.19. The topological polar surface area (TPSA) is 54.9 Å². The standard InChI is InChI=1S/C16H16ClN3O2S/c1-21-14-7-6-11(8-15(14)22-2)10-18-20-16(23)19-13-5-3-4-12(17)9-13/h3-10H,1-2H3,(H2,19,20,23)/b18-10+. The van der Waals surface area contributed by atoms with Crippen molar-refractivity contribution in [1.29, 1.82) is 0 Å². The molecule has 0 aliphatic carbocycles. The maximum atomic E-state index is 5.91. The summed E-state index contributed by atoms with van der Waals surface area (Å²) in [7, 11) is 3.17. The van der Waals surface area contributed by atoms with Gasteiger partial charge in [0.1, 0.15) is 0 Å². The molecule has 2 rings (SSSR count). The van der Waals surface area contributed by atoms with Crippen molar-refractivity contribution in [2.45, 2.75) is 0 Å². The van der Waals surface area contributed by atoms with Crippen molar-refractivity contribution in [1.82, 2.24) is 5.43 Å². The van der Waals surface area contributed by atoms with Gasteiger partial charge in [0.2, 0.25) is 0 Å². The predicted molar refractivity (Wildman–Crippen MR) is 97.9 cm³/mol. The van der Waals surface area contributed by atoms with E-state index in [0.717, 1.165) is 11.3 Å². The summed E-state index contributed by atoms with van der Waals surface area (Å²) >= 11 is 11.1. The number of anilines is 1. The van der Waals surface area contributed by atoms with E-state index in [1.807, 2.05) is 30.3 Å². The summed E-state index contributed by atoms with van der Waals surface area (Å²) in [6.07, 6.45) is 1.63. The predicted octanol–water partition coefficient (Wildman–Crippen LogP) is 3.68. The summed E-state index contributed by atoms with van der Waals surface area (Å²) < 4.78 is 10.4. The molecular formula is C16H16ClN3O2S. The number of rotatable bonds is 5. The monoisotopic (exact) mass is 349 g/mol. The Morgan fingerprint density at radius 2 is 1.91 bits per heavy atom. The molecule has 0 spiro atoms. The van der Waals surface area contributed by atoms with Crippen LogP contribution in [0.5, 0.6) is 11.5 Å². The highest BCUT2D eigenvalue weighted by molar-refractivity contribution is 7.80. The van der Waals surface area contributed by atoms with Crippen molar-refractivity contribution >= 4 is 40.8 Å². The van der Waals surface area contributed by atoms with Crippen LogP contribution in [0.15, 0.2) is 47.6 Å². The molecule has 5 nitrogen and oxygen atoms in total. The van der Waals surface area contributed by atoms with E-state index in [0.29, 0.717) is 21.6 Å². The van der Waals surface area contributed by atoms with Gasteiger partial charge in [0, 0.05) is 10.7 Å². The summed E-state index contributed by atoms with van der Waals surface area (Å²) in [6, 6.07) is 12.7. The molecule has 120 valence electrons. The van der Waals surface area contributed by atoms with E-state index in [1.165, 1.54) is 0 Å². The van der Waals surface area contributed by atoms with Gasteiger partial charge in [-0.25, -0.2) is 0 Å². The number of ether oxygens (including phenoxy) is 2. The number of nitrogens with one attached hydrogen (secondary N) is 2. The Hall–Kier alpha value is -2.31. The first kappa shape index (κ1) is 17.1. The molecule has 0 saturated carbocycles. The van der Waals surface area contributed by atoms with Gasteiger partial charge in [-0.15, -0.1) is 0 Å². The third-order valence-electron chi connectivity index (χ3n) is 2.87. The van der Waals surface area contributed by atoms with Gasteiger partial charge >= 0.3 is 0 Å². The van der Waals surface area contributed by atoms with Crippen LogP contribution in [-0.2, 0) is 0 Å². The molecule has 0 aliphatic rings. The number of nitrogens with zero attached hydrogens (tertiary/aromatic N) is 1. The second-order valence-electron chi connectivity index (χ2n) is 4.45. The number of benzene rings is 2. The zero-order chi connectivity index (χ0) is 16.7. The minimum Gasteiger partial charge on any atom is -0.493 e. The Morgan fingerprint density at radius 1 is 1.13 bits per heavy atom. The lowest BCUT2D eigenvalue weighted by Gasteiger charge is -2.08. The highest BCUT2D eigenvalue weighted by atomic mass is 35.5. The molecule has 0 unspecified atom stereocenters. The molecule has 0 bridgehead atoms. The molecule has 2 aromatic rings. The molecule has 0 radical (unpaired) electrons. The van der Waals surface area contributed by atoms with Crippen molar-refractivity contribution in [3.05, 3.63) is 53.1 Å². The summed E-state index contributed by atoms with van der Waals surface area (Å²) in [6.45, 7) is 0. The van der Waals surface area contributed by atoms with Crippen LogP contribution in [0.25, 0.3) is 0 Å². The molecule has 0 heterocycles. The van der Waals surface area contributed by atoms with Crippen LogP contribution in [0.3, 0.4) is 0 Å². The first-order valence-corrected chi connectivity index (χ1v) is 7.48. The number of hydrogen-bond donors (Lipinski definition) is 2. The number of thiocarbonyl (C=S) groups is 1. The van der Waals surface area contributed by atoms with Gasteiger partial charge < -0.3 is 14.8 Å². The largest absolute Gasteiger partial charge is 0.493 e. The fourth-order valence-electron chi connectivity index (χ4n) is 1.82. The summed E-state index contributed by atoms with van der Waals surface area (Å²) in [5.41, 5.74) is 4.38. The Labute approximate surface area is 145 Å². The van der Waals surface area contributed by atoms with E-state index >= 15 is 0 Å². The number of halogens is 1. The maximum Gasteiger partial charge on any atom is 0.191 e. The van der Waals surface area contributed by atoms with Gasteiger partial charge in [-0.1, -0.05) is 17.7 Å². The quantitative estimate of drug-likeness (QED) is 0.490. The first-order chi connectivity index (χ1) is 11.1. The van der Waals surface area contributed by atoms with Crippen molar-refractivity contribution < 1.29 is 9.47 Å². The van der Waals surface area contributed by atoms with Gasteiger partial charge in [0.05, 0.1) is 20.4 Å². The fraction of sp³-hybridized carbons (Fsp3) is 0.125.